The molecule has 1 amide bonds. The zero-order chi connectivity index (χ0) is 19.4. The molecule has 144 valence electrons. The lowest BCUT2D eigenvalue weighted by molar-refractivity contribution is -0.149. The van der Waals surface area contributed by atoms with Crippen LogP contribution in [0.1, 0.15) is 38.7 Å². The predicted molar refractivity (Wildman–Crippen MR) is 97.9 cm³/mol. The summed E-state index contributed by atoms with van der Waals surface area (Å²) in [5, 5.41) is 12.5. The second kappa shape index (κ2) is 8.18. The van der Waals surface area contributed by atoms with E-state index in [4.69, 9.17) is 0 Å². The van der Waals surface area contributed by atoms with E-state index >= 15 is 0 Å². The molecular formula is C18H26N2O5S. The molecule has 0 aromatic heterocycles. The number of rotatable bonds is 7. The number of sulfonamides is 1. The molecular weight excluding hydrogens is 356 g/mol. The van der Waals surface area contributed by atoms with Crippen molar-refractivity contribution in [3.63, 3.8) is 0 Å². The number of nitrogens with one attached hydrogen (secondary N) is 1. The van der Waals surface area contributed by atoms with Crippen LogP contribution in [0.2, 0.25) is 0 Å². The monoisotopic (exact) mass is 382 g/mol. The first kappa shape index (κ1) is 20.4. The van der Waals surface area contributed by atoms with E-state index in [9.17, 15) is 23.1 Å². The van der Waals surface area contributed by atoms with Crippen molar-refractivity contribution in [2.45, 2.75) is 38.6 Å². The smallest absolute Gasteiger partial charge is 0.334 e. The summed E-state index contributed by atoms with van der Waals surface area (Å²) in [7, 11) is -3.26. The molecule has 2 N–H and O–H groups in total. The Balaban J connectivity index is 2.13. The van der Waals surface area contributed by atoms with Crippen molar-refractivity contribution in [2.75, 3.05) is 18.8 Å². The van der Waals surface area contributed by atoms with Crippen LogP contribution in [0.5, 0.6) is 0 Å². The van der Waals surface area contributed by atoms with Crippen molar-refractivity contribution >= 4 is 21.9 Å². The molecule has 0 radical (unpaired) electrons. The first-order chi connectivity index (χ1) is 12.3. The number of hydrogen-bond acceptors (Lipinski definition) is 4. The molecule has 0 saturated carbocycles. The number of nitrogens with zero attached hydrogens (tertiary/aromatic N) is 1. The van der Waals surface area contributed by atoms with Crippen molar-refractivity contribution < 1.29 is 23.1 Å². The van der Waals surface area contributed by atoms with Crippen molar-refractivity contribution in [3.8, 4) is 0 Å². The molecule has 1 fully saturated rings. The van der Waals surface area contributed by atoms with Gasteiger partial charge in [0, 0.05) is 19.0 Å². The van der Waals surface area contributed by atoms with Gasteiger partial charge in [-0.1, -0.05) is 37.3 Å². The van der Waals surface area contributed by atoms with E-state index < -0.39 is 27.4 Å². The molecule has 26 heavy (non-hydrogen) atoms. The lowest BCUT2D eigenvalue weighted by atomic mass is 9.85. The van der Waals surface area contributed by atoms with Crippen LogP contribution in [0.25, 0.3) is 0 Å². The summed E-state index contributed by atoms with van der Waals surface area (Å²) in [6, 6.07) is 8.64. The Kier molecular flexibility index (Phi) is 6.41. The normalized spacial score (nSPS) is 18.8. The molecule has 1 aliphatic rings. The van der Waals surface area contributed by atoms with Crippen LogP contribution in [0.15, 0.2) is 30.3 Å². The number of piperidine rings is 1. The van der Waals surface area contributed by atoms with Gasteiger partial charge in [0.1, 0.15) is 0 Å². The minimum atomic E-state index is -3.26. The van der Waals surface area contributed by atoms with Crippen molar-refractivity contribution in [1.29, 1.82) is 0 Å². The van der Waals surface area contributed by atoms with Gasteiger partial charge in [0.2, 0.25) is 15.9 Å². The highest BCUT2D eigenvalue weighted by Crippen LogP contribution is 2.28. The minimum absolute atomic E-state index is 0.0375. The van der Waals surface area contributed by atoms with Crippen molar-refractivity contribution in [1.82, 2.24) is 9.62 Å². The maximum Gasteiger partial charge on any atom is 0.334 e. The second-order valence-electron chi connectivity index (χ2n) is 6.49. The van der Waals surface area contributed by atoms with Gasteiger partial charge in [-0.05, 0) is 31.7 Å². The molecule has 0 spiro atoms. The van der Waals surface area contributed by atoms with E-state index in [0.717, 1.165) is 0 Å². The molecule has 1 aromatic carbocycles. The van der Waals surface area contributed by atoms with Gasteiger partial charge in [-0.25, -0.2) is 17.5 Å². The predicted octanol–water partition coefficient (Wildman–Crippen LogP) is 1.55. The van der Waals surface area contributed by atoms with Crippen LogP contribution in [0.3, 0.4) is 0 Å². The third kappa shape index (κ3) is 4.07. The highest BCUT2D eigenvalue weighted by Gasteiger charge is 2.42. The molecule has 1 saturated heterocycles. The summed E-state index contributed by atoms with van der Waals surface area (Å²) in [5.41, 5.74) is -0.959. The Hall–Kier alpha value is -1.93. The number of hydrogen-bond donors (Lipinski definition) is 2. The number of carbonyl (C=O) groups excluding carboxylic acids is 1. The number of aliphatic carboxylic acids is 1. The number of carbonyl (C=O) groups is 2. The Labute approximate surface area is 154 Å². The molecule has 7 nitrogen and oxygen atoms in total. The quantitative estimate of drug-likeness (QED) is 0.745. The average Bonchev–Trinajstić information content (AvgIpc) is 2.66. The van der Waals surface area contributed by atoms with E-state index in [-0.39, 0.29) is 31.2 Å². The van der Waals surface area contributed by atoms with Gasteiger partial charge in [0.05, 0.1) is 5.75 Å². The Morgan fingerprint density at radius 3 is 2.23 bits per heavy atom. The maximum absolute atomic E-state index is 12.7. The zero-order valence-corrected chi connectivity index (χ0v) is 16.0. The summed E-state index contributed by atoms with van der Waals surface area (Å²) in [6.07, 6.45) is 0.986. The van der Waals surface area contributed by atoms with Crippen molar-refractivity contribution in [2.24, 2.45) is 5.92 Å². The fourth-order valence-corrected chi connectivity index (χ4v) is 4.44. The van der Waals surface area contributed by atoms with Crippen LogP contribution in [0, 0.1) is 5.92 Å². The van der Waals surface area contributed by atoms with E-state index in [2.05, 4.69) is 5.32 Å². The standard InChI is InChI=1S/C18H26N2O5S/c1-3-18(17(22)23,15-8-6-5-7-9-15)19-16(21)14-10-12-20(13-11-14)26(24,25)4-2/h5-9,14H,3-4,10-13H2,1-2H3,(H,19,21)(H,22,23). The highest BCUT2D eigenvalue weighted by atomic mass is 32.2. The molecule has 2 rings (SSSR count). The SMILES string of the molecule is CCC(NC(=O)C1CCN(S(=O)(=O)CC)CC1)(C(=O)O)c1ccccc1. The van der Waals surface area contributed by atoms with Crippen LogP contribution in [-0.2, 0) is 25.2 Å². The minimum Gasteiger partial charge on any atom is -0.479 e. The van der Waals surface area contributed by atoms with E-state index in [1.807, 2.05) is 0 Å². The van der Waals surface area contributed by atoms with Gasteiger partial charge in [-0.3, -0.25) is 4.79 Å². The van der Waals surface area contributed by atoms with Crippen molar-refractivity contribution in [3.05, 3.63) is 35.9 Å². The van der Waals surface area contributed by atoms with E-state index in [0.29, 0.717) is 18.4 Å². The van der Waals surface area contributed by atoms with Crippen LogP contribution in [0.4, 0.5) is 0 Å². The topological polar surface area (TPSA) is 104 Å². The van der Waals surface area contributed by atoms with Gasteiger partial charge in [0.15, 0.2) is 5.54 Å². The number of carboxylic acids is 1. The number of amides is 1. The summed E-state index contributed by atoms with van der Waals surface area (Å²) in [6.45, 7) is 3.88. The van der Waals surface area contributed by atoms with E-state index in [1.165, 1.54) is 4.31 Å². The summed E-state index contributed by atoms with van der Waals surface area (Å²) in [4.78, 5) is 24.7. The largest absolute Gasteiger partial charge is 0.479 e. The van der Waals surface area contributed by atoms with Gasteiger partial charge < -0.3 is 10.4 Å². The summed E-state index contributed by atoms with van der Waals surface area (Å²) < 4.78 is 25.3. The van der Waals surface area contributed by atoms with E-state index in [1.54, 1.807) is 44.2 Å². The fourth-order valence-electron chi connectivity index (χ4n) is 3.31. The molecule has 1 aromatic rings. The van der Waals surface area contributed by atoms with Crippen LogP contribution in [-0.4, -0.2) is 48.5 Å². The number of benzene rings is 1. The lowest BCUT2D eigenvalue weighted by Crippen LogP contribution is -2.54. The molecule has 1 atom stereocenters. The fraction of sp³-hybridized carbons (Fsp3) is 0.556. The molecule has 1 aliphatic heterocycles. The van der Waals surface area contributed by atoms with Crippen LogP contribution < -0.4 is 5.32 Å². The van der Waals surface area contributed by atoms with Gasteiger partial charge in [-0.2, -0.15) is 0 Å². The zero-order valence-electron chi connectivity index (χ0n) is 15.1. The first-order valence-electron chi connectivity index (χ1n) is 8.85. The third-order valence-corrected chi connectivity index (χ3v) is 6.96. The second-order valence-corrected chi connectivity index (χ2v) is 8.75. The molecule has 1 heterocycles. The Morgan fingerprint density at radius 2 is 1.77 bits per heavy atom. The average molecular weight is 382 g/mol. The van der Waals surface area contributed by atoms with Crippen LogP contribution >= 0.6 is 0 Å². The first-order valence-corrected chi connectivity index (χ1v) is 10.5. The molecule has 1 unspecified atom stereocenters. The Bertz CT molecular complexity index is 742. The Morgan fingerprint density at radius 1 is 1.19 bits per heavy atom. The lowest BCUT2D eigenvalue weighted by Gasteiger charge is -2.34. The summed E-state index contributed by atoms with van der Waals surface area (Å²) in [5.74, 6) is -1.81. The molecule has 8 heteroatoms. The molecule has 0 aliphatic carbocycles. The highest BCUT2D eigenvalue weighted by molar-refractivity contribution is 7.89. The van der Waals surface area contributed by atoms with Gasteiger partial charge in [-0.15, -0.1) is 0 Å². The maximum atomic E-state index is 12.7. The van der Waals surface area contributed by atoms with Gasteiger partial charge >= 0.3 is 5.97 Å². The number of carboxylic acid groups (broad SMARTS) is 1. The molecule has 0 bridgehead atoms. The van der Waals surface area contributed by atoms with Gasteiger partial charge in [0.25, 0.3) is 0 Å². The third-order valence-electron chi connectivity index (χ3n) is 5.08. The summed E-state index contributed by atoms with van der Waals surface area (Å²) >= 11 is 0.